The predicted molar refractivity (Wildman–Crippen MR) is 113 cm³/mol. The molecule has 0 atom stereocenters. The third-order valence-electron chi connectivity index (χ3n) is 5.17. The Morgan fingerprint density at radius 1 is 1.21 bits per heavy atom. The topological polar surface area (TPSA) is 96.3 Å². The summed E-state index contributed by atoms with van der Waals surface area (Å²) in [5, 5.41) is 10.3. The van der Waals surface area contributed by atoms with Gasteiger partial charge in [-0.2, -0.15) is 5.10 Å². The number of aryl methyl sites for hydroxylation is 2. The molecular formula is C20H29N5O3S. The fourth-order valence-corrected chi connectivity index (χ4v) is 4.70. The van der Waals surface area contributed by atoms with Crippen molar-refractivity contribution in [2.45, 2.75) is 46.2 Å². The van der Waals surface area contributed by atoms with E-state index in [1.165, 1.54) is 4.31 Å². The number of anilines is 1. The Labute approximate surface area is 172 Å². The first kappa shape index (κ1) is 21.3. The zero-order valence-corrected chi connectivity index (χ0v) is 18.0. The molecule has 1 saturated heterocycles. The van der Waals surface area contributed by atoms with Crippen LogP contribution in [0.25, 0.3) is 0 Å². The summed E-state index contributed by atoms with van der Waals surface area (Å²) in [5.74, 6) is 0.111. The van der Waals surface area contributed by atoms with Crippen molar-refractivity contribution in [3.05, 3.63) is 47.3 Å². The van der Waals surface area contributed by atoms with Crippen LogP contribution < -0.4 is 10.6 Å². The Bertz CT molecular complexity index is 962. The summed E-state index contributed by atoms with van der Waals surface area (Å²) in [6.07, 6.45) is 1.23. The van der Waals surface area contributed by atoms with Crippen LogP contribution in [-0.4, -0.2) is 53.4 Å². The number of aromatic nitrogens is 2. The number of hydrogen-bond acceptors (Lipinski definition) is 4. The number of nitrogens with zero attached hydrogens (tertiary/aromatic N) is 3. The molecule has 29 heavy (non-hydrogen) atoms. The fourth-order valence-electron chi connectivity index (χ4n) is 3.57. The van der Waals surface area contributed by atoms with Gasteiger partial charge in [0.1, 0.15) is 0 Å². The zero-order chi connectivity index (χ0) is 21.0. The Kier molecular flexibility index (Phi) is 6.59. The molecule has 3 rings (SSSR count). The number of hydrogen-bond donors (Lipinski definition) is 2. The molecule has 8 nitrogen and oxygen atoms in total. The average Bonchev–Trinajstić information content (AvgIpc) is 2.99. The highest BCUT2D eigenvalue weighted by atomic mass is 32.2. The van der Waals surface area contributed by atoms with Gasteiger partial charge in [0.25, 0.3) is 0 Å². The van der Waals surface area contributed by atoms with Gasteiger partial charge >= 0.3 is 6.03 Å². The Morgan fingerprint density at radius 2 is 1.93 bits per heavy atom. The maximum absolute atomic E-state index is 12.4. The number of benzene rings is 1. The Hall–Kier alpha value is -2.39. The first-order valence-electron chi connectivity index (χ1n) is 9.92. The van der Waals surface area contributed by atoms with Crippen molar-refractivity contribution >= 4 is 21.7 Å². The molecule has 0 unspecified atom stereocenters. The maximum Gasteiger partial charge on any atom is 0.319 e. The van der Waals surface area contributed by atoms with Gasteiger partial charge < -0.3 is 10.6 Å². The lowest BCUT2D eigenvalue weighted by molar-refractivity contribution is 0.238. The molecule has 1 aromatic heterocycles. The summed E-state index contributed by atoms with van der Waals surface area (Å²) in [7, 11) is -3.16. The molecule has 2 heterocycles. The van der Waals surface area contributed by atoms with Crippen LogP contribution in [0.15, 0.2) is 30.3 Å². The Morgan fingerprint density at radius 3 is 2.55 bits per heavy atom. The Balaban J connectivity index is 1.53. The van der Waals surface area contributed by atoms with Gasteiger partial charge in [0.15, 0.2) is 0 Å². The summed E-state index contributed by atoms with van der Waals surface area (Å²) in [6, 6.07) is 9.43. The second kappa shape index (κ2) is 8.96. The third-order valence-corrected chi connectivity index (χ3v) is 7.05. The second-order valence-corrected chi connectivity index (χ2v) is 9.72. The molecule has 1 aliphatic heterocycles. The van der Waals surface area contributed by atoms with E-state index in [4.69, 9.17) is 0 Å². The van der Waals surface area contributed by atoms with Gasteiger partial charge in [0, 0.05) is 30.5 Å². The lowest BCUT2D eigenvalue weighted by atomic mass is 10.1. The molecule has 2 aromatic rings. The number of amides is 2. The number of nitrogens with one attached hydrogen (secondary N) is 2. The van der Waals surface area contributed by atoms with Gasteiger partial charge in [0.2, 0.25) is 10.0 Å². The zero-order valence-electron chi connectivity index (χ0n) is 17.2. The van der Waals surface area contributed by atoms with Gasteiger partial charge in [-0.25, -0.2) is 17.5 Å². The number of sulfonamides is 1. The summed E-state index contributed by atoms with van der Waals surface area (Å²) < 4.78 is 27.3. The van der Waals surface area contributed by atoms with Crippen molar-refractivity contribution in [2.75, 3.05) is 24.2 Å². The van der Waals surface area contributed by atoms with E-state index in [2.05, 4.69) is 15.7 Å². The van der Waals surface area contributed by atoms with Crippen molar-refractivity contribution in [3.8, 4) is 0 Å². The number of urea groups is 1. The van der Waals surface area contributed by atoms with E-state index < -0.39 is 10.0 Å². The second-order valence-electron chi connectivity index (χ2n) is 7.46. The van der Waals surface area contributed by atoms with Crippen molar-refractivity contribution in [1.82, 2.24) is 19.4 Å². The van der Waals surface area contributed by atoms with E-state index in [1.807, 2.05) is 48.9 Å². The fraction of sp³-hybridized carbons (Fsp3) is 0.500. The maximum atomic E-state index is 12.4. The van der Waals surface area contributed by atoms with Crippen LogP contribution in [0.3, 0.4) is 0 Å². The summed E-state index contributed by atoms with van der Waals surface area (Å²) >= 11 is 0. The smallest absolute Gasteiger partial charge is 0.319 e. The first-order valence-corrected chi connectivity index (χ1v) is 11.5. The minimum absolute atomic E-state index is 0.0313. The largest absolute Gasteiger partial charge is 0.335 e. The van der Waals surface area contributed by atoms with E-state index in [0.717, 1.165) is 17.0 Å². The van der Waals surface area contributed by atoms with Gasteiger partial charge in [-0.05, 0) is 57.4 Å². The molecule has 2 amide bonds. The van der Waals surface area contributed by atoms with Crippen LogP contribution in [0, 0.1) is 13.8 Å². The van der Waals surface area contributed by atoms with Gasteiger partial charge in [0.05, 0.1) is 18.0 Å². The lowest BCUT2D eigenvalue weighted by Crippen LogP contribution is -2.47. The summed E-state index contributed by atoms with van der Waals surface area (Å²) in [6.45, 7) is 7.16. The molecular weight excluding hydrogens is 390 g/mol. The predicted octanol–water partition coefficient (Wildman–Crippen LogP) is 2.48. The summed E-state index contributed by atoms with van der Waals surface area (Å²) in [5.41, 5.74) is 3.84. The van der Waals surface area contributed by atoms with E-state index in [0.29, 0.717) is 38.2 Å². The molecule has 0 aliphatic carbocycles. The van der Waals surface area contributed by atoms with Crippen LogP contribution in [0.4, 0.5) is 10.5 Å². The number of carbonyl (C=O) groups excluding carboxylic acids is 1. The highest BCUT2D eigenvalue weighted by molar-refractivity contribution is 7.89. The molecule has 0 saturated carbocycles. The molecule has 9 heteroatoms. The molecule has 1 aliphatic rings. The van der Waals surface area contributed by atoms with E-state index in [9.17, 15) is 13.2 Å². The van der Waals surface area contributed by atoms with Crippen molar-refractivity contribution < 1.29 is 13.2 Å². The molecule has 1 aromatic carbocycles. The molecule has 0 bridgehead atoms. The van der Waals surface area contributed by atoms with Crippen molar-refractivity contribution in [3.63, 3.8) is 0 Å². The number of carbonyl (C=O) groups is 1. The molecule has 2 N–H and O–H groups in total. The van der Waals surface area contributed by atoms with E-state index in [-0.39, 0.29) is 17.8 Å². The SMILES string of the molecule is CCS(=O)(=O)N1CCC(NC(=O)Nc2cccc(Cn3nc(C)cc3C)c2)CC1. The first-order chi connectivity index (χ1) is 13.8. The van der Waals surface area contributed by atoms with Crippen LogP contribution in [-0.2, 0) is 16.6 Å². The highest BCUT2D eigenvalue weighted by Crippen LogP contribution is 2.16. The minimum Gasteiger partial charge on any atom is -0.335 e. The lowest BCUT2D eigenvalue weighted by Gasteiger charge is -2.31. The van der Waals surface area contributed by atoms with E-state index >= 15 is 0 Å². The van der Waals surface area contributed by atoms with Crippen LogP contribution in [0.5, 0.6) is 0 Å². The van der Waals surface area contributed by atoms with Crippen LogP contribution in [0.2, 0.25) is 0 Å². The third kappa shape index (κ3) is 5.57. The number of rotatable bonds is 6. The molecule has 0 radical (unpaired) electrons. The molecule has 158 valence electrons. The normalized spacial score (nSPS) is 16.0. The highest BCUT2D eigenvalue weighted by Gasteiger charge is 2.27. The van der Waals surface area contributed by atoms with Crippen LogP contribution in [0.1, 0.15) is 36.7 Å². The quantitative estimate of drug-likeness (QED) is 0.752. The van der Waals surface area contributed by atoms with Gasteiger partial charge in [-0.3, -0.25) is 4.68 Å². The standard InChI is InChI=1S/C20H29N5O3S/c1-4-29(27,28)24-10-8-18(9-11-24)21-20(26)22-19-7-5-6-17(13-19)14-25-16(3)12-15(2)23-25/h5-7,12-13,18H,4,8-11,14H2,1-3H3,(H2,21,22,26). The van der Waals surface area contributed by atoms with Gasteiger partial charge in [-0.15, -0.1) is 0 Å². The number of piperidine rings is 1. The summed E-state index contributed by atoms with van der Waals surface area (Å²) in [4.78, 5) is 12.4. The van der Waals surface area contributed by atoms with Crippen molar-refractivity contribution in [2.24, 2.45) is 0 Å². The van der Waals surface area contributed by atoms with Crippen molar-refractivity contribution in [1.29, 1.82) is 0 Å². The molecule has 1 fully saturated rings. The average molecular weight is 420 g/mol. The van der Waals surface area contributed by atoms with Gasteiger partial charge in [-0.1, -0.05) is 12.1 Å². The van der Waals surface area contributed by atoms with Crippen LogP contribution >= 0.6 is 0 Å². The van der Waals surface area contributed by atoms with E-state index in [1.54, 1.807) is 6.92 Å². The minimum atomic E-state index is -3.16. The molecule has 0 spiro atoms. The monoisotopic (exact) mass is 419 g/mol.